The van der Waals surface area contributed by atoms with Crippen molar-refractivity contribution in [3.05, 3.63) is 29.8 Å². The molecule has 26 heavy (non-hydrogen) atoms. The highest BCUT2D eigenvalue weighted by molar-refractivity contribution is 8.22. The summed E-state index contributed by atoms with van der Waals surface area (Å²) in [6.07, 6.45) is 0.405. The van der Waals surface area contributed by atoms with E-state index in [2.05, 4.69) is 28.8 Å². The predicted molar refractivity (Wildman–Crippen MR) is 111 cm³/mol. The zero-order valence-electron chi connectivity index (χ0n) is 15.5. The van der Waals surface area contributed by atoms with Crippen LogP contribution in [0, 0.1) is 0 Å². The Balaban J connectivity index is 2.43. The molecule has 0 heterocycles. The average molecular weight is 398 g/mol. The number of ether oxygens (including phenoxy) is 1. The molecule has 1 rings (SSSR count). The number of carbonyl (C=O) groups is 2. The Labute approximate surface area is 164 Å². The van der Waals surface area contributed by atoms with Gasteiger partial charge in [0.2, 0.25) is 5.91 Å². The molecule has 1 aromatic carbocycles. The standard InChI is InChI=1S/C18H27N3O3S2/c1-4-21(5-2)18(25)26-12-13-6-8-14(9-7-13)20-16(22)11-10-15(19)17(23)24-3/h6-9,15H,4-5,10-12,19H2,1-3H3,(H,20,22)/t15-/m0/s1. The molecule has 8 heteroatoms. The van der Waals surface area contributed by atoms with E-state index in [-0.39, 0.29) is 18.7 Å². The van der Waals surface area contributed by atoms with Gasteiger partial charge in [-0.1, -0.05) is 36.1 Å². The van der Waals surface area contributed by atoms with Crippen molar-refractivity contribution in [3.8, 4) is 0 Å². The van der Waals surface area contributed by atoms with E-state index in [1.165, 1.54) is 7.11 Å². The van der Waals surface area contributed by atoms with Crippen molar-refractivity contribution >= 4 is 45.9 Å². The highest BCUT2D eigenvalue weighted by Gasteiger charge is 2.15. The zero-order chi connectivity index (χ0) is 19.5. The Morgan fingerprint density at radius 2 is 1.88 bits per heavy atom. The van der Waals surface area contributed by atoms with E-state index in [0.717, 1.165) is 28.7 Å². The largest absolute Gasteiger partial charge is 0.468 e. The summed E-state index contributed by atoms with van der Waals surface area (Å²) in [5.41, 5.74) is 7.46. The molecule has 3 N–H and O–H groups in total. The van der Waals surface area contributed by atoms with Gasteiger partial charge in [0.1, 0.15) is 10.4 Å². The van der Waals surface area contributed by atoms with Crippen LogP contribution in [0.5, 0.6) is 0 Å². The lowest BCUT2D eigenvalue weighted by Gasteiger charge is -2.20. The fourth-order valence-electron chi connectivity index (χ4n) is 2.18. The number of benzene rings is 1. The van der Waals surface area contributed by atoms with Crippen LogP contribution in [0.25, 0.3) is 0 Å². The van der Waals surface area contributed by atoms with E-state index in [1.54, 1.807) is 11.8 Å². The minimum Gasteiger partial charge on any atom is -0.468 e. The van der Waals surface area contributed by atoms with Gasteiger partial charge in [-0.25, -0.2) is 0 Å². The number of hydrogen-bond acceptors (Lipinski definition) is 6. The molecule has 0 aliphatic rings. The third kappa shape index (κ3) is 7.72. The summed E-state index contributed by atoms with van der Waals surface area (Å²) in [6, 6.07) is 6.87. The quantitative estimate of drug-likeness (QED) is 0.489. The first-order valence-corrected chi connectivity index (χ1v) is 9.94. The molecule has 0 aliphatic carbocycles. The number of rotatable bonds is 9. The van der Waals surface area contributed by atoms with Crippen molar-refractivity contribution in [1.29, 1.82) is 0 Å². The zero-order valence-corrected chi connectivity index (χ0v) is 17.1. The molecule has 144 valence electrons. The molecule has 0 unspecified atom stereocenters. The van der Waals surface area contributed by atoms with Crippen molar-refractivity contribution in [2.45, 2.75) is 38.5 Å². The number of thioether (sulfide) groups is 1. The first-order valence-electron chi connectivity index (χ1n) is 8.55. The Bertz CT molecular complexity index is 604. The number of anilines is 1. The van der Waals surface area contributed by atoms with Crippen molar-refractivity contribution in [3.63, 3.8) is 0 Å². The average Bonchev–Trinajstić information content (AvgIpc) is 2.65. The first kappa shape index (κ1) is 22.4. The van der Waals surface area contributed by atoms with Crippen molar-refractivity contribution in [1.82, 2.24) is 4.90 Å². The van der Waals surface area contributed by atoms with E-state index < -0.39 is 12.0 Å². The van der Waals surface area contributed by atoms with Crippen molar-refractivity contribution < 1.29 is 14.3 Å². The van der Waals surface area contributed by atoms with Gasteiger partial charge in [-0.15, -0.1) is 0 Å². The molecular formula is C18H27N3O3S2. The van der Waals surface area contributed by atoms with Gasteiger partial charge in [0, 0.05) is 31.0 Å². The fourth-order valence-corrected chi connectivity index (χ4v) is 3.54. The van der Waals surface area contributed by atoms with Crippen LogP contribution in [0.2, 0.25) is 0 Å². The maximum Gasteiger partial charge on any atom is 0.322 e. The Kier molecular flexibility index (Phi) is 10.2. The predicted octanol–water partition coefficient (Wildman–Crippen LogP) is 2.77. The summed E-state index contributed by atoms with van der Waals surface area (Å²) in [5.74, 6) is 0.0915. The van der Waals surface area contributed by atoms with Gasteiger partial charge in [0.25, 0.3) is 0 Å². The highest BCUT2D eigenvalue weighted by Crippen LogP contribution is 2.18. The van der Waals surface area contributed by atoms with E-state index in [1.807, 2.05) is 24.3 Å². The number of nitrogens with one attached hydrogen (secondary N) is 1. The second-order valence-electron chi connectivity index (χ2n) is 5.64. The van der Waals surface area contributed by atoms with Crippen LogP contribution >= 0.6 is 24.0 Å². The molecule has 1 atom stereocenters. The number of esters is 1. The normalized spacial score (nSPS) is 11.5. The van der Waals surface area contributed by atoms with Gasteiger partial charge in [-0.05, 0) is 38.0 Å². The van der Waals surface area contributed by atoms with E-state index in [0.29, 0.717) is 5.69 Å². The van der Waals surface area contributed by atoms with Gasteiger partial charge in [-0.3, -0.25) is 9.59 Å². The fraction of sp³-hybridized carbons (Fsp3) is 0.500. The minimum absolute atomic E-state index is 0.159. The van der Waals surface area contributed by atoms with Crippen LogP contribution in [0.1, 0.15) is 32.3 Å². The lowest BCUT2D eigenvalue weighted by Crippen LogP contribution is -2.32. The SMILES string of the molecule is CCN(CC)C(=S)SCc1ccc(NC(=O)CC[C@H](N)C(=O)OC)cc1. The summed E-state index contributed by atoms with van der Waals surface area (Å²) >= 11 is 7.06. The van der Waals surface area contributed by atoms with Crippen molar-refractivity contribution in [2.24, 2.45) is 5.73 Å². The summed E-state index contributed by atoms with van der Waals surface area (Å²) in [7, 11) is 1.27. The van der Waals surface area contributed by atoms with Gasteiger partial charge in [-0.2, -0.15) is 0 Å². The molecule has 0 radical (unpaired) electrons. The second kappa shape index (κ2) is 11.9. The third-order valence-electron chi connectivity index (χ3n) is 3.81. The molecule has 0 spiro atoms. The van der Waals surface area contributed by atoms with Gasteiger partial charge in [0.15, 0.2) is 0 Å². The Morgan fingerprint density at radius 3 is 2.42 bits per heavy atom. The number of amides is 1. The van der Waals surface area contributed by atoms with Gasteiger partial charge >= 0.3 is 5.97 Å². The minimum atomic E-state index is -0.778. The maximum absolute atomic E-state index is 11.9. The Hall–Kier alpha value is -1.64. The first-order chi connectivity index (χ1) is 12.4. The topological polar surface area (TPSA) is 84.7 Å². The lowest BCUT2D eigenvalue weighted by atomic mass is 10.1. The van der Waals surface area contributed by atoms with E-state index in [4.69, 9.17) is 18.0 Å². The highest BCUT2D eigenvalue weighted by atomic mass is 32.2. The summed E-state index contributed by atoms with van der Waals surface area (Å²) in [5, 5.41) is 2.80. The second-order valence-corrected chi connectivity index (χ2v) is 7.25. The summed E-state index contributed by atoms with van der Waals surface area (Å²) < 4.78 is 5.43. The van der Waals surface area contributed by atoms with Gasteiger partial charge < -0.3 is 20.7 Å². The number of carbonyl (C=O) groups excluding carboxylic acids is 2. The van der Waals surface area contributed by atoms with Crippen molar-refractivity contribution in [2.75, 3.05) is 25.5 Å². The number of nitrogens with zero attached hydrogens (tertiary/aromatic N) is 1. The number of methoxy groups -OCH3 is 1. The number of hydrogen-bond donors (Lipinski definition) is 2. The smallest absolute Gasteiger partial charge is 0.322 e. The molecule has 0 saturated heterocycles. The Morgan fingerprint density at radius 1 is 1.27 bits per heavy atom. The molecule has 0 fully saturated rings. The van der Waals surface area contributed by atoms with E-state index >= 15 is 0 Å². The molecular weight excluding hydrogens is 370 g/mol. The molecule has 6 nitrogen and oxygen atoms in total. The lowest BCUT2D eigenvalue weighted by molar-refractivity contribution is -0.142. The van der Waals surface area contributed by atoms with Crippen LogP contribution in [0.3, 0.4) is 0 Å². The number of nitrogens with two attached hydrogens (primary N) is 1. The van der Waals surface area contributed by atoms with Crippen LogP contribution in [-0.2, 0) is 20.1 Å². The van der Waals surface area contributed by atoms with Crippen LogP contribution < -0.4 is 11.1 Å². The van der Waals surface area contributed by atoms with Crippen LogP contribution in [0.15, 0.2) is 24.3 Å². The monoisotopic (exact) mass is 397 g/mol. The molecule has 0 aromatic heterocycles. The van der Waals surface area contributed by atoms with Crippen LogP contribution in [0.4, 0.5) is 5.69 Å². The number of thiocarbonyl (C=S) groups is 1. The molecule has 1 amide bonds. The summed E-state index contributed by atoms with van der Waals surface area (Å²) in [6.45, 7) is 6.00. The molecule has 0 aliphatic heterocycles. The van der Waals surface area contributed by atoms with Crippen LogP contribution in [-0.4, -0.2) is 47.3 Å². The summed E-state index contributed by atoms with van der Waals surface area (Å²) in [4.78, 5) is 25.3. The molecule has 1 aromatic rings. The van der Waals surface area contributed by atoms with E-state index in [9.17, 15) is 9.59 Å². The maximum atomic E-state index is 11.9. The molecule has 0 saturated carbocycles. The third-order valence-corrected chi connectivity index (χ3v) is 5.40. The van der Waals surface area contributed by atoms with Gasteiger partial charge in [0.05, 0.1) is 7.11 Å². The molecule has 0 bridgehead atoms.